The molecule has 9 rings (SSSR count). The van der Waals surface area contributed by atoms with Crippen LogP contribution in [0.4, 0.5) is 15.0 Å². The van der Waals surface area contributed by atoms with Gasteiger partial charge >= 0.3 is 6.09 Å². The zero-order chi connectivity index (χ0) is 46.5. The molecule has 2 aromatic heterocycles. The van der Waals surface area contributed by atoms with Crippen LogP contribution < -0.4 is 9.64 Å². The van der Waals surface area contributed by atoms with Gasteiger partial charge in [0.05, 0.1) is 23.8 Å². The number of ether oxygens (including phenoxy) is 4. The van der Waals surface area contributed by atoms with Crippen LogP contribution in [0.3, 0.4) is 0 Å². The number of rotatable bonds is 22. The molecule has 1 aliphatic carbocycles. The molecule has 0 radical (unpaired) electrons. The summed E-state index contributed by atoms with van der Waals surface area (Å²) in [5.74, 6) is 2.43. The highest BCUT2D eigenvalue weighted by atomic mass is 32.2. The fourth-order valence-electron chi connectivity index (χ4n) is 10.3. The molecule has 3 saturated heterocycles. The fraction of sp³-hybridized carbons (Fsp3) is 0.593. The predicted octanol–water partition coefficient (Wildman–Crippen LogP) is 13.1. The van der Waals surface area contributed by atoms with Gasteiger partial charge in [0.2, 0.25) is 0 Å². The number of benzene rings is 3. The van der Waals surface area contributed by atoms with E-state index < -0.39 is 5.60 Å². The van der Waals surface area contributed by atoms with Crippen molar-refractivity contribution in [2.24, 2.45) is 0 Å². The van der Waals surface area contributed by atoms with Crippen molar-refractivity contribution in [2.75, 3.05) is 44.1 Å². The number of hydrogen-bond donors (Lipinski definition) is 0. The molecule has 1 saturated carbocycles. The van der Waals surface area contributed by atoms with Crippen LogP contribution in [0.5, 0.6) is 5.75 Å². The van der Waals surface area contributed by atoms with Crippen molar-refractivity contribution < 1.29 is 28.1 Å². The second kappa shape index (κ2) is 21.5. The molecule has 3 aromatic carbocycles. The van der Waals surface area contributed by atoms with E-state index in [1.807, 2.05) is 61.7 Å². The molecular weight excluding hydrogens is 864 g/mol. The normalized spacial score (nSPS) is 19.6. The Hall–Kier alpha value is -4.46. The standard InChI is InChI=1S/C54H71FN6O5S/c1-6-54(3,4)66-53(62)60-34-39-29-40(60)33-59(39)51-42-30-41(38-24-25-38)48(47-36(2)44(55)31-45-43(47)32-56-61(45)46-23-17-19-27-64-46)50(65-35-37-21-15-14-16-22-37)49(42)57-52(58-51)67-28-20-13-11-9-7-8-10-12-18-26-63-5/h14-16,21-22,30-32,38-40,46H,6-13,17-20,23-29,33-35H2,1-5H3/t39?,40-,46?/m0/s1. The highest BCUT2D eigenvalue weighted by Crippen LogP contribution is 2.54. The van der Waals surface area contributed by atoms with Gasteiger partial charge < -0.3 is 28.7 Å². The number of carbonyl (C=O) groups excluding carboxylic acids is 1. The predicted molar refractivity (Wildman–Crippen MR) is 266 cm³/mol. The molecule has 0 spiro atoms. The number of unbranched alkanes of at least 4 members (excludes halogenated alkanes) is 8. The van der Waals surface area contributed by atoms with E-state index in [9.17, 15) is 4.79 Å². The Morgan fingerprint density at radius 1 is 0.910 bits per heavy atom. The minimum Gasteiger partial charge on any atom is -0.486 e. The minimum absolute atomic E-state index is 0.0144. The Morgan fingerprint density at radius 3 is 2.36 bits per heavy atom. The molecule has 11 nitrogen and oxygen atoms in total. The summed E-state index contributed by atoms with van der Waals surface area (Å²) in [7, 11) is 1.78. The van der Waals surface area contributed by atoms with Gasteiger partial charge in [-0.3, -0.25) is 0 Å². The summed E-state index contributed by atoms with van der Waals surface area (Å²) in [4.78, 5) is 28.8. The number of methoxy groups -OCH3 is 1. The Bertz CT molecular complexity index is 2490. The average molecular weight is 935 g/mol. The van der Waals surface area contributed by atoms with Gasteiger partial charge in [-0.2, -0.15) is 5.10 Å². The van der Waals surface area contributed by atoms with E-state index in [0.29, 0.717) is 42.8 Å². The highest BCUT2D eigenvalue weighted by Gasteiger charge is 2.48. The number of fused-ring (bicyclic) bond motifs is 4. The number of anilines is 1. The number of piperazine rings is 1. The lowest BCUT2D eigenvalue weighted by Gasteiger charge is -2.36. The third-order valence-corrected chi connectivity index (χ3v) is 15.6. The SMILES string of the molecule is CCC(C)(C)OC(=O)N1CC2C[C@H]1CN2c1nc(SCCCCCCCCCCCOC)nc2c(OCc3ccccc3)c(-c3c(C)c(F)cc4c3cnn4C3CCCCO3)c(C3CC3)cc12. The largest absolute Gasteiger partial charge is 0.486 e. The zero-order valence-electron chi connectivity index (χ0n) is 40.5. The number of halogens is 1. The molecule has 67 heavy (non-hydrogen) atoms. The average Bonchev–Trinajstić information content (AvgIpc) is 3.78. The Balaban J connectivity index is 1.11. The molecule has 2 bridgehead atoms. The van der Waals surface area contributed by atoms with E-state index in [1.54, 1.807) is 24.9 Å². The minimum atomic E-state index is -0.529. The van der Waals surface area contributed by atoms with Crippen LogP contribution in [0, 0.1) is 12.7 Å². The third-order valence-electron chi connectivity index (χ3n) is 14.6. The number of carbonyl (C=O) groups is 1. The van der Waals surface area contributed by atoms with Gasteiger partial charge in [-0.1, -0.05) is 94.0 Å². The molecule has 5 aromatic rings. The lowest BCUT2D eigenvalue weighted by Crippen LogP contribution is -2.50. The van der Waals surface area contributed by atoms with Gasteiger partial charge in [-0.05, 0) is 107 Å². The van der Waals surface area contributed by atoms with Crippen LogP contribution in [0.15, 0.2) is 53.8 Å². The van der Waals surface area contributed by atoms with Crippen molar-refractivity contribution in [1.82, 2.24) is 24.6 Å². The maximum absolute atomic E-state index is 16.6. The first-order valence-corrected chi connectivity index (χ1v) is 26.3. The summed E-state index contributed by atoms with van der Waals surface area (Å²) in [5.41, 5.74) is 5.35. The Labute approximate surface area is 400 Å². The van der Waals surface area contributed by atoms with E-state index in [1.165, 1.54) is 44.9 Å². The first kappa shape index (κ1) is 47.6. The molecule has 13 heteroatoms. The topological polar surface area (TPSA) is 104 Å². The van der Waals surface area contributed by atoms with Crippen molar-refractivity contribution in [3.8, 4) is 16.9 Å². The third kappa shape index (κ3) is 10.7. The van der Waals surface area contributed by atoms with Gasteiger partial charge in [-0.15, -0.1) is 0 Å². The van der Waals surface area contributed by atoms with E-state index in [0.717, 1.165) is 120 Å². The van der Waals surface area contributed by atoms with Crippen molar-refractivity contribution in [1.29, 1.82) is 0 Å². The lowest BCUT2D eigenvalue weighted by atomic mass is 9.88. The van der Waals surface area contributed by atoms with Crippen LogP contribution in [0.1, 0.15) is 152 Å². The molecule has 3 atom stereocenters. The van der Waals surface area contributed by atoms with Crippen molar-refractivity contribution in [3.63, 3.8) is 0 Å². The molecule has 3 aliphatic heterocycles. The molecule has 5 heterocycles. The van der Waals surface area contributed by atoms with Gasteiger partial charge in [0, 0.05) is 67.1 Å². The van der Waals surface area contributed by atoms with Crippen LogP contribution in [0.2, 0.25) is 0 Å². The van der Waals surface area contributed by atoms with Crippen LogP contribution in [-0.4, -0.2) is 87.6 Å². The fourth-order valence-corrected chi connectivity index (χ4v) is 11.2. The van der Waals surface area contributed by atoms with Crippen molar-refractivity contribution in [3.05, 3.63) is 71.2 Å². The molecule has 1 amide bonds. The maximum Gasteiger partial charge on any atom is 0.410 e. The van der Waals surface area contributed by atoms with Crippen LogP contribution >= 0.6 is 11.8 Å². The van der Waals surface area contributed by atoms with E-state index >= 15 is 4.39 Å². The van der Waals surface area contributed by atoms with Crippen LogP contribution in [0.25, 0.3) is 32.9 Å². The molecule has 360 valence electrons. The second-order valence-corrected chi connectivity index (χ2v) is 21.1. The quantitative estimate of drug-likeness (QED) is 0.0378. The first-order valence-electron chi connectivity index (χ1n) is 25.4. The second-order valence-electron chi connectivity index (χ2n) is 20.0. The van der Waals surface area contributed by atoms with Crippen molar-refractivity contribution in [2.45, 2.75) is 172 Å². The summed E-state index contributed by atoms with van der Waals surface area (Å²) in [6.07, 6.45) is 18.9. The Kier molecular flexibility index (Phi) is 15.2. The smallest absolute Gasteiger partial charge is 0.410 e. The molecule has 0 N–H and O–H groups in total. The van der Waals surface area contributed by atoms with Gasteiger partial charge in [0.25, 0.3) is 0 Å². The summed E-state index contributed by atoms with van der Waals surface area (Å²) < 4.78 is 43.1. The van der Waals surface area contributed by atoms with Crippen LogP contribution in [-0.2, 0) is 20.8 Å². The number of thioether (sulfide) groups is 1. The highest BCUT2D eigenvalue weighted by molar-refractivity contribution is 7.99. The van der Waals surface area contributed by atoms with Gasteiger partial charge in [0.1, 0.15) is 29.4 Å². The number of aromatic nitrogens is 4. The number of amides is 1. The molecule has 4 aliphatic rings. The molecular formula is C54H71FN6O5S. The van der Waals surface area contributed by atoms with Crippen molar-refractivity contribution >= 4 is 45.5 Å². The molecule has 4 fully saturated rings. The van der Waals surface area contributed by atoms with E-state index in [2.05, 4.69) is 23.1 Å². The Morgan fingerprint density at radius 2 is 1.67 bits per heavy atom. The summed E-state index contributed by atoms with van der Waals surface area (Å²) in [5, 5.41) is 7.42. The number of hydrogen-bond acceptors (Lipinski definition) is 10. The molecule has 2 unspecified atom stereocenters. The maximum atomic E-state index is 16.6. The number of nitrogens with zero attached hydrogens (tertiary/aromatic N) is 6. The monoisotopic (exact) mass is 935 g/mol. The van der Waals surface area contributed by atoms with Gasteiger partial charge in [0.15, 0.2) is 17.1 Å². The first-order chi connectivity index (χ1) is 32.6. The summed E-state index contributed by atoms with van der Waals surface area (Å²) >= 11 is 1.71. The lowest BCUT2D eigenvalue weighted by molar-refractivity contribution is -0.0366. The van der Waals surface area contributed by atoms with Gasteiger partial charge in [-0.25, -0.2) is 23.8 Å². The summed E-state index contributed by atoms with van der Waals surface area (Å²) in [6, 6.07) is 14.3. The zero-order valence-corrected chi connectivity index (χ0v) is 41.3. The number of likely N-dealkylation sites (tertiary alicyclic amines) is 1. The van der Waals surface area contributed by atoms with E-state index in [-0.39, 0.29) is 36.1 Å². The van der Waals surface area contributed by atoms with E-state index in [4.69, 9.17) is 34.0 Å². The summed E-state index contributed by atoms with van der Waals surface area (Å²) in [6.45, 7) is 10.9.